The first kappa shape index (κ1) is 12.7. The maximum absolute atomic E-state index is 4.73. The molecule has 0 spiro atoms. The first-order valence-corrected chi connectivity index (χ1v) is 7.27. The minimum atomic E-state index is 0.977. The van der Waals surface area contributed by atoms with Crippen molar-refractivity contribution in [2.45, 2.75) is 0 Å². The summed E-state index contributed by atoms with van der Waals surface area (Å²) in [6.07, 6.45) is 0. The predicted molar refractivity (Wildman–Crippen MR) is 90.8 cm³/mol. The lowest BCUT2D eigenvalue weighted by molar-refractivity contribution is 0.904. The zero-order valence-corrected chi connectivity index (χ0v) is 12.0. The average Bonchev–Trinajstić information content (AvgIpc) is 2.95. The van der Waals surface area contributed by atoms with Gasteiger partial charge in [0, 0.05) is 11.1 Å². The third-order valence-electron chi connectivity index (χ3n) is 3.62. The number of hydrogen-bond acceptors (Lipinski definition) is 2. The standard InChI is InChI=1S/C19H15N3/c1-3-9-15(10-4-1)20-19-17-13-7-8-14-18(17)21-22(19)16-11-5-2-6-12-16/h1-14,20H. The molecule has 0 radical (unpaired) electrons. The van der Waals surface area contributed by atoms with Crippen LogP contribution in [0.5, 0.6) is 0 Å². The Morgan fingerprint density at radius 3 is 2.09 bits per heavy atom. The van der Waals surface area contributed by atoms with Crippen LogP contribution in [0.1, 0.15) is 0 Å². The third-order valence-corrected chi connectivity index (χ3v) is 3.62. The van der Waals surface area contributed by atoms with Gasteiger partial charge in [0.05, 0.1) is 11.2 Å². The molecule has 0 aliphatic heterocycles. The van der Waals surface area contributed by atoms with E-state index in [-0.39, 0.29) is 0 Å². The van der Waals surface area contributed by atoms with Gasteiger partial charge in [0.1, 0.15) is 5.82 Å². The van der Waals surface area contributed by atoms with Crippen molar-refractivity contribution in [3.05, 3.63) is 84.9 Å². The van der Waals surface area contributed by atoms with Gasteiger partial charge in [0.15, 0.2) is 0 Å². The topological polar surface area (TPSA) is 29.9 Å². The molecule has 22 heavy (non-hydrogen) atoms. The van der Waals surface area contributed by atoms with Crippen LogP contribution in [-0.4, -0.2) is 9.78 Å². The second kappa shape index (κ2) is 5.37. The Bertz CT molecular complexity index is 896. The molecule has 0 saturated heterocycles. The Morgan fingerprint density at radius 2 is 1.32 bits per heavy atom. The molecule has 106 valence electrons. The highest BCUT2D eigenvalue weighted by Crippen LogP contribution is 2.28. The van der Waals surface area contributed by atoms with Gasteiger partial charge in [-0.25, -0.2) is 4.68 Å². The Kier molecular flexibility index (Phi) is 3.09. The van der Waals surface area contributed by atoms with E-state index >= 15 is 0 Å². The maximum Gasteiger partial charge on any atom is 0.142 e. The zero-order valence-electron chi connectivity index (χ0n) is 12.0. The highest BCUT2D eigenvalue weighted by molar-refractivity contribution is 5.92. The lowest BCUT2D eigenvalue weighted by atomic mass is 10.2. The summed E-state index contributed by atoms with van der Waals surface area (Å²) in [5.41, 5.74) is 3.06. The van der Waals surface area contributed by atoms with Crippen LogP contribution in [0, 0.1) is 0 Å². The molecule has 1 aromatic heterocycles. The molecular formula is C19H15N3. The number of fused-ring (bicyclic) bond motifs is 1. The number of para-hydroxylation sites is 2. The summed E-state index contributed by atoms with van der Waals surface area (Å²) < 4.78 is 1.96. The number of nitrogens with zero attached hydrogens (tertiary/aromatic N) is 2. The number of benzene rings is 3. The Balaban J connectivity index is 1.91. The fraction of sp³-hybridized carbons (Fsp3) is 0. The predicted octanol–water partition coefficient (Wildman–Crippen LogP) is 4.77. The van der Waals surface area contributed by atoms with E-state index < -0.39 is 0 Å². The normalized spacial score (nSPS) is 10.7. The molecule has 0 unspecified atom stereocenters. The van der Waals surface area contributed by atoms with Crippen molar-refractivity contribution in [3.8, 4) is 5.69 Å². The highest BCUT2D eigenvalue weighted by atomic mass is 15.3. The number of anilines is 2. The number of nitrogens with one attached hydrogen (secondary N) is 1. The Labute approximate surface area is 128 Å². The minimum Gasteiger partial charge on any atom is -0.340 e. The van der Waals surface area contributed by atoms with Crippen molar-refractivity contribution < 1.29 is 0 Å². The second-order valence-electron chi connectivity index (χ2n) is 5.10. The molecule has 0 amide bonds. The van der Waals surface area contributed by atoms with Crippen LogP contribution in [-0.2, 0) is 0 Å². The SMILES string of the molecule is c1ccc(Nc2c3ccccc3nn2-c2ccccc2)cc1. The molecule has 3 aromatic carbocycles. The smallest absolute Gasteiger partial charge is 0.142 e. The van der Waals surface area contributed by atoms with E-state index in [0.29, 0.717) is 0 Å². The van der Waals surface area contributed by atoms with E-state index in [0.717, 1.165) is 28.1 Å². The van der Waals surface area contributed by atoms with Gasteiger partial charge in [-0.15, -0.1) is 0 Å². The molecule has 3 nitrogen and oxygen atoms in total. The molecule has 1 heterocycles. The van der Waals surface area contributed by atoms with E-state index in [1.165, 1.54) is 0 Å². The van der Waals surface area contributed by atoms with E-state index in [1.807, 2.05) is 59.3 Å². The van der Waals surface area contributed by atoms with Crippen molar-refractivity contribution in [2.24, 2.45) is 0 Å². The van der Waals surface area contributed by atoms with E-state index in [9.17, 15) is 0 Å². The molecule has 3 heteroatoms. The number of aromatic nitrogens is 2. The fourth-order valence-electron chi connectivity index (χ4n) is 2.57. The van der Waals surface area contributed by atoms with Crippen LogP contribution in [0.25, 0.3) is 16.6 Å². The molecule has 1 N–H and O–H groups in total. The second-order valence-corrected chi connectivity index (χ2v) is 5.10. The Morgan fingerprint density at radius 1 is 0.682 bits per heavy atom. The summed E-state index contributed by atoms with van der Waals surface area (Å²) in [7, 11) is 0. The Hall–Kier alpha value is -3.07. The van der Waals surface area contributed by atoms with E-state index in [2.05, 4.69) is 35.6 Å². The molecule has 0 saturated carbocycles. The van der Waals surface area contributed by atoms with Crippen LogP contribution < -0.4 is 5.32 Å². The summed E-state index contributed by atoms with van der Waals surface area (Å²) >= 11 is 0. The molecule has 0 bridgehead atoms. The monoisotopic (exact) mass is 285 g/mol. The quantitative estimate of drug-likeness (QED) is 0.587. The minimum absolute atomic E-state index is 0.977. The summed E-state index contributed by atoms with van der Waals surface area (Å²) in [6, 6.07) is 28.5. The molecule has 0 atom stereocenters. The van der Waals surface area contributed by atoms with Gasteiger partial charge in [0.25, 0.3) is 0 Å². The van der Waals surface area contributed by atoms with Gasteiger partial charge in [-0.3, -0.25) is 0 Å². The lowest BCUT2D eigenvalue weighted by Crippen LogP contribution is -2.02. The summed E-state index contributed by atoms with van der Waals surface area (Å²) in [6.45, 7) is 0. The van der Waals surface area contributed by atoms with Crippen LogP contribution in [0.4, 0.5) is 11.5 Å². The summed E-state index contributed by atoms with van der Waals surface area (Å²) in [4.78, 5) is 0. The molecule has 0 aliphatic rings. The average molecular weight is 285 g/mol. The molecule has 0 fully saturated rings. The van der Waals surface area contributed by atoms with Crippen LogP contribution in [0.15, 0.2) is 84.9 Å². The highest BCUT2D eigenvalue weighted by Gasteiger charge is 2.12. The largest absolute Gasteiger partial charge is 0.340 e. The van der Waals surface area contributed by atoms with Crippen molar-refractivity contribution >= 4 is 22.4 Å². The van der Waals surface area contributed by atoms with Crippen molar-refractivity contribution in [3.63, 3.8) is 0 Å². The van der Waals surface area contributed by atoms with Crippen molar-refractivity contribution in [1.82, 2.24) is 9.78 Å². The third kappa shape index (κ3) is 2.23. The van der Waals surface area contributed by atoms with Crippen molar-refractivity contribution in [1.29, 1.82) is 0 Å². The molecule has 4 rings (SSSR count). The van der Waals surface area contributed by atoms with Gasteiger partial charge in [-0.2, -0.15) is 5.10 Å². The van der Waals surface area contributed by atoms with Crippen LogP contribution in [0.2, 0.25) is 0 Å². The van der Waals surface area contributed by atoms with Crippen molar-refractivity contribution in [2.75, 3.05) is 5.32 Å². The van der Waals surface area contributed by atoms with E-state index in [4.69, 9.17) is 5.10 Å². The van der Waals surface area contributed by atoms with Crippen LogP contribution >= 0.6 is 0 Å². The number of rotatable bonds is 3. The fourth-order valence-corrected chi connectivity index (χ4v) is 2.57. The lowest BCUT2D eigenvalue weighted by Gasteiger charge is -2.10. The first-order chi connectivity index (χ1) is 10.9. The van der Waals surface area contributed by atoms with Gasteiger partial charge in [-0.1, -0.05) is 48.5 Å². The van der Waals surface area contributed by atoms with E-state index in [1.54, 1.807) is 0 Å². The van der Waals surface area contributed by atoms with Gasteiger partial charge in [-0.05, 0) is 36.4 Å². The summed E-state index contributed by atoms with van der Waals surface area (Å²) in [5, 5.41) is 9.33. The molecule has 0 aliphatic carbocycles. The molecular weight excluding hydrogens is 270 g/mol. The first-order valence-electron chi connectivity index (χ1n) is 7.27. The molecule has 4 aromatic rings. The maximum atomic E-state index is 4.73. The summed E-state index contributed by atoms with van der Waals surface area (Å²) in [5.74, 6) is 0.980. The number of hydrogen-bond donors (Lipinski definition) is 1. The van der Waals surface area contributed by atoms with Gasteiger partial charge in [0.2, 0.25) is 0 Å². The van der Waals surface area contributed by atoms with Gasteiger partial charge >= 0.3 is 0 Å². The zero-order chi connectivity index (χ0) is 14.8. The van der Waals surface area contributed by atoms with Crippen LogP contribution in [0.3, 0.4) is 0 Å². The van der Waals surface area contributed by atoms with Gasteiger partial charge < -0.3 is 5.32 Å².